The molecular formula is C30H42Hf-2. The van der Waals surface area contributed by atoms with Crippen LogP contribution in [0.1, 0.15) is 85.0 Å². The number of hydrogen-bond donors (Lipinski definition) is 0. The average Bonchev–Trinajstić information content (AvgIpc) is 3.34. The minimum absolute atomic E-state index is 0. The Hall–Kier alpha value is -0.950. The summed E-state index contributed by atoms with van der Waals surface area (Å²) in [6.07, 6.45) is 6.39. The fourth-order valence-electron chi connectivity index (χ4n) is 5.38. The molecule has 168 valence electrons. The molecule has 0 radical (unpaired) electrons. The predicted octanol–water partition coefficient (Wildman–Crippen LogP) is 8.61. The van der Waals surface area contributed by atoms with Gasteiger partial charge in [-0.3, -0.25) is 0 Å². The molecule has 0 saturated heterocycles. The number of benzene rings is 1. The Morgan fingerprint density at radius 1 is 0.903 bits per heavy atom. The molecule has 31 heavy (non-hydrogen) atoms. The van der Waals surface area contributed by atoms with E-state index in [0.717, 1.165) is 5.92 Å². The van der Waals surface area contributed by atoms with Crippen molar-refractivity contribution in [3.63, 3.8) is 0 Å². The average molecular weight is 581 g/mol. The minimum atomic E-state index is 0. The summed E-state index contributed by atoms with van der Waals surface area (Å²) in [7, 11) is 0. The first-order chi connectivity index (χ1) is 14.1. The van der Waals surface area contributed by atoms with Gasteiger partial charge in [-0.25, -0.2) is 0 Å². The molecular weight excluding hydrogens is 539 g/mol. The molecule has 3 aromatic rings. The van der Waals surface area contributed by atoms with Gasteiger partial charge in [0, 0.05) is 25.8 Å². The molecule has 0 nitrogen and oxygen atoms in total. The molecule has 0 bridgehead atoms. The smallest absolute Gasteiger partial charge is 0 e. The maximum Gasteiger partial charge on any atom is 0 e. The van der Waals surface area contributed by atoms with Gasteiger partial charge >= 0.3 is 0 Å². The van der Waals surface area contributed by atoms with Crippen molar-refractivity contribution in [1.29, 1.82) is 0 Å². The minimum Gasteiger partial charge on any atom is -0.196 e. The van der Waals surface area contributed by atoms with E-state index in [1.54, 1.807) is 16.7 Å². The summed E-state index contributed by atoms with van der Waals surface area (Å²) in [5.41, 5.74) is 12.7. The monoisotopic (exact) mass is 582 g/mol. The van der Waals surface area contributed by atoms with Crippen LogP contribution in [0.25, 0.3) is 10.8 Å². The normalized spacial score (nSPS) is 14.4. The van der Waals surface area contributed by atoms with Crippen molar-refractivity contribution in [2.45, 2.75) is 94.4 Å². The molecule has 0 amide bonds. The number of fused-ring (bicyclic) bond motifs is 2. The van der Waals surface area contributed by atoms with Crippen LogP contribution >= 0.6 is 0 Å². The van der Waals surface area contributed by atoms with Crippen LogP contribution in [0.15, 0.2) is 24.3 Å². The van der Waals surface area contributed by atoms with Crippen molar-refractivity contribution in [3.05, 3.63) is 68.8 Å². The van der Waals surface area contributed by atoms with E-state index in [1.807, 2.05) is 0 Å². The van der Waals surface area contributed by atoms with Gasteiger partial charge in [-0.2, -0.15) is 33.9 Å². The van der Waals surface area contributed by atoms with E-state index in [-0.39, 0.29) is 25.8 Å². The first-order valence-electron chi connectivity index (χ1n) is 12.0. The molecule has 3 aromatic carbocycles. The third-order valence-electron chi connectivity index (χ3n) is 8.25. The third kappa shape index (κ3) is 5.18. The zero-order valence-electron chi connectivity index (χ0n) is 21.4. The van der Waals surface area contributed by atoms with Gasteiger partial charge in [0.05, 0.1) is 0 Å². The number of hydrogen-bond acceptors (Lipinski definition) is 0. The van der Waals surface area contributed by atoms with Gasteiger partial charge in [0.1, 0.15) is 0 Å². The Kier molecular flexibility index (Phi) is 8.76. The maximum absolute atomic E-state index is 2.51. The van der Waals surface area contributed by atoms with E-state index >= 15 is 0 Å². The fourth-order valence-corrected chi connectivity index (χ4v) is 5.38. The summed E-state index contributed by atoms with van der Waals surface area (Å²) in [6, 6.07) is 9.65. The summed E-state index contributed by atoms with van der Waals surface area (Å²) in [6.45, 7) is 20.3. The van der Waals surface area contributed by atoms with E-state index in [1.165, 1.54) is 70.7 Å². The Balaban J connectivity index is 0.000000264. The topological polar surface area (TPSA) is 0 Å². The van der Waals surface area contributed by atoms with Crippen LogP contribution < -0.4 is 0 Å². The van der Waals surface area contributed by atoms with Gasteiger partial charge in [-0.15, -0.1) is 34.5 Å². The zero-order valence-corrected chi connectivity index (χ0v) is 25.0. The number of rotatable bonds is 4. The van der Waals surface area contributed by atoms with Crippen molar-refractivity contribution in [1.82, 2.24) is 0 Å². The molecule has 0 aliphatic heterocycles. The molecule has 1 aliphatic rings. The summed E-state index contributed by atoms with van der Waals surface area (Å²) < 4.78 is 0. The van der Waals surface area contributed by atoms with Gasteiger partial charge in [-0.05, 0) is 31.1 Å². The van der Waals surface area contributed by atoms with Crippen molar-refractivity contribution in [2.75, 3.05) is 0 Å². The summed E-state index contributed by atoms with van der Waals surface area (Å²) in [5, 5.41) is 2.97. The second-order valence-electron chi connectivity index (χ2n) is 10.4. The summed E-state index contributed by atoms with van der Waals surface area (Å²) in [4.78, 5) is 0. The summed E-state index contributed by atoms with van der Waals surface area (Å²) >= 11 is 0. The van der Waals surface area contributed by atoms with Gasteiger partial charge in [0.15, 0.2) is 0 Å². The molecule has 0 unspecified atom stereocenters. The second kappa shape index (κ2) is 10.3. The van der Waals surface area contributed by atoms with Crippen LogP contribution in [0.5, 0.6) is 0 Å². The molecule has 0 atom stereocenters. The predicted molar refractivity (Wildman–Crippen MR) is 134 cm³/mol. The van der Waals surface area contributed by atoms with Crippen molar-refractivity contribution in [3.8, 4) is 0 Å². The van der Waals surface area contributed by atoms with Gasteiger partial charge in [-0.1, -0.05) is 85.8 Å². The fraction of sp³-hybridized carbons (Fsp3) is 0.533. The second-order valence-corrected chi connectivity index (χ2v) is 10.4. The van der Waals surface area contributed by atoms with E-state index in [4.69, 9.17) is 0 Å². The zero-order chi connectivity index (χ0) is 22.2. The van der Waals surface area contributed by atoms with Gasteiger partial charge in [0.25, 0.3) is 0 Å². The van der Waals surface area contributed by atoms with E-state index < -0.39 is 0 Å². The molecule has 4 rings (SSSR count). The molecule has 0 saturated carbocycles. The Morgan fingerprint density at radius 2 is 1.42 bits per heavy atom. The van der Waals surface area contributed by atoms with E-state index in [0.29, 0.717) is 5.41 Å². The van der Waals surface area contributed by atoms with Crippen molar-refractivity contribution >= 4 is 10.8 Å². The van der Waals surface area contributed by atoms with Crippen LogP contribution in [0.3, 0.4) is 0 Å². The van der Waals surface area contributed by atoms with Crippen molar-refractivity contribution < 1.29 is 25.8 Å². The van der Waals surface area contributed by atoms with E-state index in [2.05, 4.69) is 86.6 Å². The van der Waals surface area contributed by atoms with Crippen LogP contribution in [0.4, 0.5) is 0 Å². The Labute approximate surface area is 210 Å². The third-order valence-corrected chi connectivity index (χ3v) is 8.25. The first kappa shape index (κ1) is 26.3. The quantitative estimate of drug-likeness (QED) is 0.214. The van der Waals surface area contributed by atoms with Crippen LogP contribution in [0, 0.1) is 46.0 Å². The molecule has 0 aromatic heterocycles. The van der Waals surface area contributed by atoms with Crippen molar-refractivity contribution in [2.24, 2.45) is 11.3 Å². The Morgan fingerprint density at radius 3 is 1.84 bits per heavy atom. The molecule has 1 heteroatoms. The molecule has 1 aliphatic carbocycles. The molecule has 0 fully saturated rings. The van der Waals surface area contributed by atoms with Crippen LogP contribution in [-0.4, -0.2) is 0 Å². The largest absolute Gasteiger partial charge is 0.196 e. The summed E-state index contributed by atoms with van der Waals surface area (Å²) in [5.74, 6) is 0.735. The first-order valence-corrected chi connectivity index (χ1v) is 12.0. The molecule has 0 N–H and O–H groups in total. The van der Waals surface area contributed by atoms with Crippen LogP contribution in [-0.2, 0) is 45.1 Å². The van der Waals surface area contributed by atoms with Gasteiger partial charge in [0.2, 0.25) is 0 Å². The molecule has 0 heterocycles. The molecule has 0 spiro atoms. The standard InChI is InChI=1S/C20H27.C10H15.Hf/c1-5-20(6-2)12-17-10-16-8-7-15(9-14(3)4)19(16)11-18(17)13-20;1-6-7(2)9(4)10(5)8(6)3;/h7-8,10-11,14H,5-6,9,12-13H2,1-4H3;1-5H3;/q2*-1;. The van der Waals surface area contributed by atoms with Gasteiger partial charge < -0.3 is 0 Å². The van der Waals surface area contributed by atoms with E-state index in [9.17, 15) is 0 Å². The SMILES string of the molecule is CCC1(CC)Cc2cc3cc[c-](CC(C)C)c3cc2C1.Cc1c(C)c(C)[c-](C)c1C.[Hf]. The van der Waals surface area contributed by atoms with Crippen LogP contribution in [0.2, 0.25) is 0 Å². The Bertz CT molecular complexity index is 940. The maximum atomic E-state index is 2.51.